The highest BCUT2D eigenvalue weighted by molar-refractivity contribution is 6.04. The third kappa shape index (κ3) is 4.11. The van der Waals surface area contributed by atoms with Gasteiger partial charge in [0.25, 0.3) is 11.5 Å². The predicted molar refractivity (Wildman–Crippen MR) is 122 cm³/mol. The fourth-order valence-corrected chi connectivity index (χ4v) is 3.39. The zero-order valence-corrected chi connectivity index (χ0v) is 17.5. The molecular formula is C24H21N3O5. The zero-order chi connectivity index (χ0) is 22.7. The van der Waals surface area contributed by atoms with E-state index in [0.29, 0.717) is 39.2 Å². The monoisotopic (exact) mass is 431 g/mol. The van der Waals surface area contributed by atoms with Gasteiger partial charge in [0.1, 0.15) is 0 Å². The number of fused-ring (bicyclic) bond motifs is 1. The molecule has 1 amide bonds. The van der Waals surface area contributed by atoms with E-state index in [9.17, 15) is 14.4 Å². The van der Waals surface area contributed by atoms with Crippen molar-refractivity contribution in [3.05, 3.63) is 98.7 Å². The molecule has 1 heterocycles. The number of amides is 1. The van der Waals surface area contributed by atoms with Crippen molar-refractivity contribution in [2.24, 2.45) is 0 Å². The number of hydrogen-bond donors (Lipinski definition) is 2. The van der Waals surface area contributed by atoms with Gasteiger partial charge in [-0.05, 0) is 35.9 Å². The molecule has 0 spiro atoms. The highest BCUT2D eigenvalue weighted by Crippen LogP contribution is 2.29. The number of hydrogen-bond acceptors (Lipinski definition) is 5. The Kier molecular flexibility index (Phi) is 5.76. The first kappa shape index (κ1) is 20.9. The van der Waals surface area contributed by atoms with E-state index >= 15 is 0 Å². The van der Waals surface area contributed by atoms with Crippen LogP contribution in [0.1, 0.15) is 15.9 Å². The molecule has 4 rings (SSSR count). The highest BCUT2D eigenvalue weighted by atomic mass is 16.5. The number of H-pyrrole nitrogens is 1. The molecule has 2 N–H and O–H groups in total. The van der Waals surface area contributed by atoms with E-state index in [-0.39, 0.29) is 12.5 Å². The van der Waals surface area contributed by atoms with Gasteiger partial charge < -0.3 is 19.8 Å². The lowest BCUT2D eigenvalue weighted by Crippen LogP contribution is -2.35. The van der Waals surface area contributed by atoms with E-state index < -0.39 is 11.2 Å². The van der Waals surface area contributed by atoms with Gasteiger partial charge in [0.2, 0.25) is 0 Å². The molecule has 1 aromatic heterocycles. The maximum Gasteiger partial charge on any atom is 0.329 e. The van der Waals surface area contributed by atoms with E-state index in [1.165, 1.54) is 14.2 Å². The molecule has 0 fully saturated rings. The standard InChI is InChI=1S/C24H21N3O5/c1-31-20-12-18-19(13-21(20)32-2)26-24(30)27(23(18)29)14-15-8-10-16(11-9-15)22(28)25-17-6-4-3-5-7-17/h3-13H,14H2,1-2H3,(H,25,28)(H,26,30). The predicted octanol–water partition coefficient (Wildman–Crippen LogP) is 3.01. The molecule has 32 heavy (non-hydrogen) atoms. The van der Waals surface area contributed by atoms with Gasteiger partial charge in [-0.25, -0.2) is 4.79 Å². The molecule has 0 aliphatic carbocycles. The van der Waals surface area contributed by atoms with Crippen molar-refractivity contribution in [3.8, 4) is 11.5 Å². The maximum atomic E-state index is 13.0. The topological polar surface area (TPSA) is 102 Å². The Morgan fingerprint density at radius 2 is 1.59 bits per heavy atom. The van der Waals surface area contributed by atoms with Crippen molar-refractivity contribution >= 4 is 22.5 Å². The third-order valence-corrected chi connectivity index (χ3v) is 5.07. The minimum Gasteiger partial charge on any atom is -0.493 e. The van der Waals surface area contributed by atoms with E-state index in [4.69, 9.17) is 9.47 Å². The van der Waals surface area contributed by atoms with Crippen LogP contribution in [0.4, 0.5) is 5.69 Å². The summed E-state index contributed by atoms with van der Waals surface area (Å²) in [7, 11) is 2.95. The zero-order valence-electron chi connectivity index (χ0n) is 17.5. The number of carbonyl (C=O) groups is 1. The molecule has 0 aliphatic heterocycles. The molecule has 0 saturated heterocycles. The Hall–Kier alpha value is -4.33. The second kappa shape index (κ2) is 8.81. The number of para-hydroxylation sites is 1. The van der Waals surface area contributed by atoms with Crippen LogP contribution >= 0.6 is 0 Å². The summed E-state index contributed by atoms with van der Waals surface area (Å²) in [5, 5.41) is 3.12. The van der Waals surface area contributed by atoms with Crippen LogP contribution in [0.25, 0.3) is 10.9 Å². The summed E-state index contributed by atoms with van der Waals surface area (Å²) < 4.78 is 11.6. The van der Waals surface area contributed by atoms with Crippen LogP contribution in [0.15, 0.2) is 76.3 Å². The third-order valence-electron chi connectivity index (χ3n) is 5.07. The van der Waals surface area contributed by atoms with Gasteiger partial charge in [-0.1, -0.05) is 30.3 Å². The first-order valence-corrected chi connectivity index (χ1v) is 9.84. The maximum absolute atomic E-state index is 13.0. The molecule has 162 valence electrons. The normalized spacial score (nSPS) is 10.7. The molecule has 0 radical (unpaired) electrons. The number of carbonyl (C=O) groups excluding carboxylic acids is 1. The first-order chi connectivity index (χ1) is 15.5. The van der Waals surface area contributed by atoms with Crippen molar-refractivity contribution in [1.82, 2.24) is 9.55 Å². The van der Waals surface area contributed by atoms with Crippen molar-refractivity contribution in [2.45, 2.75) is 6.54 Å². The Morgan fingerprint density at radius 3 is 2.25 bits per heavy atom. The summed E-state index contributed by atoms with van der Waals surface area (Å²) in [4.78, 5) is 40.7. The number of anilines is 1. The average molecular weight is 431 g/mol. The molecule has 0 bridgehead atoms. The number of rotatable bonds is 6. The molecule has 0 atom stereocenters. The van der Waals surface area contributed by atoms with Crippen LogP contribution in [0.5, 0.6) is 11.5 Å². The van der Waals surface area contributed by atoms with E-state index in [1.54, 1.807) is 48.5 Å². The lowest BCUT2D eigenvalue weighted by Gasteiger charge is -2.11. The van der Waals surface area contributed by atoms with Gasteiger partial charge in [-0.3, -0.25) is 14.2 Å². The summed E-state index contributed by atoms with van der Waals surface area (Å²) in [5.41, 5.74) is 1.24. The minimum atomic E-state index is -0.541. The molecule has 3 aromatic carbocycles. The van der Waals surface area contributed by atoms with Crippen LogP contribution in [0.3, 0.4) is 0 Å². The number of nitrogens with zero attached hydrogens (tertiary/aromatic N) is 1. The van der Waals surface area contributed by atoms with Crippen LogP contribution in [0.2, 0.25) is 0 Å². The number of aromatic amines is 1. The van der Waals surface area contributed by atoms with E-state index in [1.807, 2.05) is 18.2 Å². The van der Waals surface area contributed by atoms with Crippen LogP contribution in [-0.4, -0.2) is 29.7 Å². The van der Waals surface area contributed by atoms with Crippen LogP contribution < -0.4 is 26.0 Å². The summed E-state index contributed by atoms with van der Waals surface area (Å²) in [5.74, 6) is 0.561. The summed E-state index contributed by atoms with van der Waals surface area (Å²) >= 11 is 0. The van der Waals surface area contributed by atoms with Gasteiger partial charge in [0.15, 0.2) is 11.5 Å². The van der Waals surface area contributed by atoms with Crippen molar-refractivity contribution in [3.63, 3.8) is 0 Å². The van der Waals surface area contributed by atoms with Crippen molar-refractivity contribution in [1.29, 1.82) is 0 Å². The Labute approximate surface area is 183 Å². The average Bonchev–Trinajstić information content (AvgIpc) is 2.82. The van der Waals surface area contributed by atoms with E-state index in [0.717, 1.165) is 4.57 Å². The molecule has 0 unspecified atom stereocenters. The van der Waals surface area contributed by atoms with Gasteiger partial charge in [0.05, 0.1) is 31.7 Å². The molecule has 0 saturated carbocycles. The van der Waals surface area contributed by atoms with Crippen molar-refractivity contribution in [2.75, 3.05) is 19.5 Å². The Bertz CT molecular complexity index is 1390. The number of benzene rings is 3. The first-order valence-electron chi connectivity index (χ1n) is 9.84. The highest BCUT2D eigenvalue weighted by Gasteiger charge is 2.13. The SMILES string of the molecule is COc1cc2[nH]c(=O)n(Cc3ccc(C(=O)Nc4ccccc4)cc3)c(=O)c2cc1OC. The lowest BCUT2D eigenvalue weighted by molar-refractivity contribution is 0.102. The van der Waals surface area contributed by atoms with Crippen molar-refractivity contribution < 1.29 is 14.3 Å². The largest absolute Gasteiger partial charge is 0.493 e. The van der Waals surface area contributed by atoms with Crippen LogP contribution in [0, 0.1) is 0 Å². The minimum absolute atomic E-state index is 0.0546. The number of methoxy groups -OCH3 is 2. The molecule has 8 heteroatoms. The number of nitrogens with one attached hydrogen (secondary N) is 2. The summed E-state index contributed by atoms with van der Waals surface area (Å²) in [6.45, 7) is 0.0546. The number of aromatic nitrogens is 2. The quantitative estimate of drug-likeness (QED) is 0.489. The fraction of sp³-hybridized carbons (Fsp3) is 0.125. The Balaban J connectivity index is 1.61. The van der Waals surface area contributed by atoms with Gasteiger partial charge in [-0.15, -0.1) is 0 Å². The van der Waals surface area contributed by atoms with Gasteiger partial charge >= 0.3 is 5.69 Å². The fourth-order valence-electron chi connectivity index (χ4n) is 3.39. The molecule has 8 nitrogen and oxygen atoms in total. The Morgan fingerprint density at radius 1 is 0.938 bits per heavy atom. The second-order valence-electron chi connectivity index (χ2n) is 7.09. The smallest absolute Gasteiger partial charge is 0.329 e. The molecule has 4 aromatic rings. The second-order valence-corrected chi connectivity index (χ2v) is 7.09. The lowest BCUT2D eigenvalue weighted by atomic mass is 10.1. The molecular weight excluding hydrogens is 410 g/mol. The molecule has 0 aliphatic rings. The van der Waals surface area contributed by atoms with Gasteiger partial charge in [0, 0.05) is 17.3 Å². The van der Waals surface area contributed by atoms with E-state index in [2.05, 4.69) is 10.3 Å². The summed E-state index contributed by atoms with van der Waals surface area (Å²) in [6, 6.07) is 19.0. The van der Waals surface area contributed by atoms with Crippen LogP contribution in [-0.2, 0) is 6.54 Å². The van der Waals surface area contributed by atoms with Gasteiger partial charge in [-0.2, -0.15) is 0 Å². The number of ether oxygens (including phenoxy) is 2. The summed E-state index contributed by atoms with van der Waals surface area (Å²) in [6.07, 6.45) is 0.